The normalized spacial score (nSPS) is 35.5. The lowest BCUT2D eigenvalue weighted by Gasteiger charge is -2.42. The molecular weight excluding hydrogens is 1090 g/mol. The van der Waals surface area contributed by atoms with E-state index in [9.17, 15) is 39.6 Å². The van der Waals surface area contributed by atoms with Crippen LogP contribution >= 0.6 is 0 Å². The highest BCUT2D eigenvalue weighted by atomic mass is 16.6. The van der Waals surface area contributed by atoms with Crippen molar-refractivity contribution in [1.82, 2.24) is 10.2 Å². The Kier molecular flexibility index (Phi) is 33.4. The van der Waals surface area contributed by atoms with Crippen molar-refractivity contribution >= 4 is 29.3 Å². The van der Waals surface area contributed by atoms with Gasteiger partial charge < -0.3 is 78.1 Å². The monoisotopic (exact) mass is 1190 g/mol. The van der Waals surface area contributed by atoms with E-state index in [1.807, 2.05) is 32.9 Å². The molecular formula is C63H107N3O18. The number of methoxy groups -OCH3 is 3. The van der Waals surface area contributed by atoms with Gasteiger partial charge in [-0.05, 0) is 127 Å². The number of carbonyl (C=O) groups is 4. The molecule has 0 aromatic heterocycles. The summed E-state index contributed by atoms with van der Waals surface area (Å²) >= 11 is 0. The summed E-state index contributed by atoms with van der Waals surface area (Å²) in [6.45, 7) is 18.9. The molecule has 0 aromatic rings. The number of amides is 2. The average Bonchev–Trinajstić information content (AvgIpc) is 3.20. The maximum atomic E-state index is 14.5. The van der Waals surface area contributed by atoms with Gasteiger partial charge in [-0.15, -0.1) is 0 Å². The number of hydrogen-bond acceptors (Lipinski definition) is 19. The number of oxime groups is 1. The molecule has 3 fully saturated rings. The molecule has 482 valence electrons. The van der Waals surface area contributed by atoms with E-state index in [1.54, 1.807) is 41.1 Å². The molecule has 4 rings (SSSR count). The minimum absolute atomic E-state index is 0.00410. The minimum Gasteiger partial charge on any atom is -0.461 e. The lowest BCUT2D eigenvalue weighted by molar-refractivity contribution is -0.265. The lowest BCUT2D eigenvalue weighted by Crippen LogP contribution is -2.60. The number of Topliss-reactive ketones (excluding diaryl/α,β-unsaturated/α-hetero) is 1. The molecule has 1 aliphatic carbocycles. The van der Waals surface area contributed by atoms with E-state index in [-0.39, 0.29) is 62.3 Å². The molecule has 0 radical (unpaired) electrons. The molecule has 21 nitrogen and oxygen atoms in total. The number of aliphatic hydroxyl groups excluding tert-OH is 3. The van der Waals surface area contributed by atoms with Crippen molar-refractivity contribution in [3.63, 3.8) is 0 Å². The first-order valence-corrected chi connectivity index (χ1v) is 31.1. The number of ether oxygens (including phenoxy) is 9. The first-order chi connectivity index (χ1) is 40.2. The Morgan fingerprint density at radius 3 is 2.13 bits per heavy atom. The number of nitrogens with one attached hydrogen (secondary N) is 1. The van der Waals surface area contributed by atoms with Crippen LogP contribution in [0.5, 0.6) is 0 Å². The molecule has 21 heteroatoms. The van der Waals surface area contributed by atoms with Crippen LogP contribution in [-0.4, -0.2) is 209 Å². The zero-order chi connectivity index (χ0) is 61.8. The highest BCUT2D eigenvalue weighted by Gasteiger charge is 2.53. The molecule has 4 aliphatic rings. The van der Waals surface area contributed by atoms with Gasteiger partial charge in [0, 0.05) is 71.6 Å². The largest absolute Gasteiger partial charge is 0.461 e. The maximum Gasteiger partial charge on any atom is 0.329 e. The first kappa shape index (κ1) is 72.8. The Labute approximate surface area is 500 Å². The van der Waals surface area contributed by atoms with Crippen molar-refractivity contribution in [2.75, 3.05) is 93.9 Å². The summed E-state index contributed by atoms with van der Waals surface area (Å²) in [7, 11) is 4.64. The van der Waals surface area contributed by atoms with E-state index in [4.69, 9.17) is 47.5 Å². The number of allylic oxidation sites excluding steroid dienone is 3. The van der Waals surface area contributed by atoms with Crippen LogP contribution in [0.1, 0.15) is 145 Å². The Hall–Kier alpha value is -3.71. The molecule has 0 aromatic carbocycles. The molecule has 1 saturated carbocycles. The number of piperidine rings is 1. The molecule has 0 spiro atoms. The van der Waals surface area contributed by atoms with E-state index in [0.29, 0.717) is 122 Å². The number of fused-ring (bicyclic) bond motifs is 3. The SMILES string of the molecule is CCOCCOCCOCCOCCNC(=O)CO/N=C1\[C@H](C)C[C@H](C)C(C)C/C=C/C=C(\C)[C@@H](OC)C[C@@H]2CC[C@@H](C)[C@@](O)(O2)C(=O)C(=O)N2CCCC[C@H]2C(=O)O[C@H](CC[C@@H]2CC[C@@H](O)[C@H](OC)C2)C[C@@H](O)[C@H](C)/C=C(\C)[C@@H](O)[C@H]1OC. The quantitative estimate of drug-likeness (QED) is 0.0265. The second-order valence-electron chi connectivity index (χ2n) is 23.9. The van der Waals surface area contributed by atoms with Crippen LogP contribution in [0.4, 0.5) is 0 Å². The first-order valence-electron chi connectivity index (χ1n) is 31.1. The van der Waals surface area contributed by atoms with Gasteiger partial charge in [-0.2, -0.15) is 0 Å². The van der Waals surface area contributed by atoms with E-state index in [0.717, 1.165) is 18.4 Å². The number of rotatable bonds is 22. The highest BCUT2D eigenvalue weighted by Crippen LogP contribution is 2.38. The maximum absolute atomic E-state index is 14.5. The van der Waals surface area contributed by atoms with Crippen molar-refractivity contribution < 1.29 is 87.1 Å². The van der Waals surface area contributed by atoms with Crippen LogP contribution in [0.25, 0.3) is 0 Å². The number of hydrogen-bond donors (Lipinski definition) is 5. The van der Waals surface area contributed by atoms with Crippen molar-refractivity contribution in [3.05, 3.63) is 35.5 Å². The van der Waals surface area contributed by atoms with Gasteiger partial charge in [-0.3, -0.25) is 14.4 Å². The summed E-state index contributed by atoms with van der Waals surface area (Å²) in [5.74, 6) is -6.82. The number of cyclic esters (lactones) is 1. The molecule has 16 atom stereocenters. The van der Waals surface area contributed by atoms with Crippen molar-refractivity contribution in [3.8, 4) is 0 Å². The number of carbonyl (C=O) groups excluding carboxylic acids is 4. The van der Waals surface area contributed by atoms with Crippen LogP contribution in [0.3, 0.4) is 0 Å². The average molecular weight is 1190 g/mol. The Balaban J connectivity index is 1.61. The molecule has 3 heterocycles. The second kappa shape index (κ2) is 38.5. The summed E-state index contributed by atoms with van der Waals surface area (Å²) < 4.78 is 51.9. The lowest BCUT2D eigenvalue weighted by atomic mass is 9.81. The summed E-state index contributed by atoms with van der Waals surface area (Å²) in [4.78, 5) is 63.1. The number of nitrogens with zero attached hydrogens (tertiary/aromatic N) is 2. The van der Waals surface area contributed by atoms with Crippen LogP contribution in [0.2, 0.25) is 0 Å². The zero-order valence-corrected chi connectivity index (χ0v) is 52.5. The number of aliphatic hydroxyl groups is 4. The summed E-state index contributed by atoms with van der Waals surface area (Å²) in [6, 6.07) is -1.13. The van der Waals surface area contributed by atoms with E-state index < -0.39 is 96.6 Å². The van der Waals surface area contributed by atoms with Gasteiger partial charge in [-0.1, -0.05) is 64.1 Å². The summed E-state index contributed by atoms with van der Waals surface area (Å²) in [5, 5.41) is 54.0. The van der Waals surface area contributed by atoms with Gasteiger partial charge >= 0.3 is 5.97 Å². The van der Waals surface area contributed by atoms with Crippen LogP contribution in [-0.2, 0) is 66.6 Å². The third kappa shape index (κ3) is 23.4. The predicted molar refractivity (Wildman–Crippen MR) is 317 cm³/mol. The fraction of sp³-hybridized carbons (Fsp3) is 0.825. The van der Waals surface area contributed by atoms with Crippen molar-refractivity contribution in [2.24, 2.45) is 40.7 Å². The molecule has 1 unspecified atom stereocenters. The number of esters is 1. The summed E-state index contributed by atoms with van der Waals surface area (Å²) in [6.07, 6.45) is 8.46. The van der Waals surface area contributed by atoms with Gasteiger partial charge in [0.25, 0.3) is 17.6 Å². The van der Waals surface area contributed by atoms with Gasteiger partial charge in [0.2, 0.25) is 5.79 Å². The molecule has 2 amide bonds. The standard InChI is InChI=1S/C63H107N3O18/c1-12-78-29-30-80-33-34-81-32-31-79-28-26-64-56(69)40-82-65-57-45(6)35-43(4)41(2)17-13-14-18-42(3)54(75-9)39-50-23-20-47(8)63(74,84-50)60(71)61(72)66-27-16-15-19-51(66)62(73)83-49(24-21-48-22-25-52(67)55(37-48)76-10)38-53(68)44(5)36-46(7)58(70)59(57)77-11/h13-14,18,36,41,43-45,47-55,58-59,67-68,70,74H,12,15-17,19-35,37-40H2,1-11H3,(H,64,69)/b14-13+,42-18+,46-36+,65-57+/t41?,43-,44+,45+,47+,48+,49+,50-,51-,52+,53+,54-,55+,58+,59-,63+/m0/s1. The molecule has 2 bridgehead atoms. The fourth-order valence-corrected chi connectivity index (χ4v) is 11.7. The topological polar surface area (TPSA) is 269 Å². The van der Waals surface area contributed by atoms with E-state index >= 15 is 0 Å². The molecule has 2 saturated heterocycles. The van der Waals surface area contributed by atoms with Crippen molar-refractivity contribution in [2.45, 2.75) is 206 Å². The van der Waals surface area contributed by atoms with Crippen LogP contribution < -0.4 is 5.32 Å². The second-order valence-corrected chi connectivity index (χ2v) is 23.9. The zero-order valence-electron chi connectivity index (χ0n) is 52.5. The third-order valence-corrected chi connectivity index (χ3v) is 17.5. The van der Waals surface area contributed by atoms with Crippen LogP contribution in [0.15, 0.2) is 40.6 Å². The predicted octanol–water partition coefficient (Wildman–Crippen LogP) is 6.20. The minimum atomic E-state index is -2.43. The van der Waals surface area contributed by atoms with E-state index in [1.165, 1.54) is 12.0 Å². The van der Waals surface area contributed by atoms with Gasteiger partial charge in [-0.25, -0.2) is 4.79 Å². The Morgan fingerprint density at radius 1 is 0.774 bits per heavy atom. The van der Waals surface area contributed by atoms with Gasteiger partial charge in [0.05, 0.1) is 82.5 Å². The Morgan fingerprint density at radius 2 is 1.46 bits per heavy atom. The molecule has 5 N–H and O–H groups in total. The smallest absolute Gasteiger partial charge is 0.329 e. The third-order valence-electron chi connectivity index (χ3n) is 17.5. The van der Waals surface area contributed by atoms with Crippen LogP contribution in [0, 0.1) is 35.5 Å². The summed E-state index contributed by atoms with van der Waals surface area (Å²) in [5.41, 5.74) is 1.77. The molecule has 84 heavy (non-hydrogen) atoms. The highest BCUT2D eigenvalue weighted by molar-refractivity contribution is 6.39. The van der Waals surface area contributed by atoms with Gasteiger partial charge in [0.1, 0.15) is 24.4 Å². The van der Waals surface area contributed by atoms with Gasteiger partial charge in [0.15, 0.2) is 6.61 Å². The van der Waals surface area contributed by atoms with Crippen molar-refractivity contribution in [1.29, 1.82) is 0 Å². The van der Waals surface area contributed by atoms with E-state index in [2.05, 4.69) is 30.4 Å². The fourth-order valence-electron chi connectivity index (χ4n) is 11.7. The number of ketones is 1. The Bertz CT molecular complexity index is 2090. The molecule has 3 aliphatic heterocycles.